The Morgan fingerprint density at radius 2 is 1.84 bits per heavy atom. The molecule has 0 bridgehead atoms. The molecule has 1 amide bonds. The number of carbonyl (C=O) groups excluding carboxylic acids is 1. The Labute approximate surface area is 268 Å². The maximum Gasteiger partial charge on any atom is 0.267 e. The Bertz CT molecular complexity index is 2140. The molecule has 3 heterocycles. The van der Waals surface area contributed by atoms with Gasteiger partial charge in [0.05, 0.1) is 29.6 Å². The predicted molar refractivity (Wildman–Crippen MR) is 185 cm³/mol. The Morgan fingerprint density at radius 1 is 1.04 bits per heavy atom. The Morgan fingerprint density at radius 3 is 2.67 bits per heavy atom. The molecular weight excluding hydrogens is 603 g/mol. The fourth-order valence-electron chi connectivity index (χ4n) is 6.20. The average Bonchev–Trinajstić information content (AvgIpc) is 3.59. The van der Waals surface area contributed by atoms with Gasteiger partial charge in [-0.1, -0.05) is 36.0 Å². The maximum absolute atomic E-state index is 14.0. The number of fused-ring (bicyclic) bond motifs is 6. The number of hydrazone groups is 1. The zero-order valence-corrected chi connectivity index (χ0v) is 26.8. The zero-order valence-electron chi connectivity index (χ0n) is 25.2. The van der Waals surface area contributed by atoms with Crippen molar-refractivity contribution in [2.24, 2.45) is 5.10 Å². The van der Waals surface area contributed by atoms with E-state index >= 15 is 0 Å². The summed E-state index contributed by atoms with van der Waals surface area (Å²) in [6.45, 7) is 5.52. The van der Waals surface area contributed by atoms with Gasteiger partial charge in [0.15, 0.2) is 5.16 Å². The molecule has 6 aromatic rings. The highest BCUT2D eigenvalue weighted by molar-refractivity contribution is 7.99. The third-order valence-corrected chi connectivity index (χ3v) is 10.3. The molecule has 228 valence electrons. The second-order valence-electron chi connectivity index (χ2n) is 11.0. The highest BCUT2D eigenvalue weighted by atomic mass is 32.2. The van der Waals surface area contributed by atoms with E-state index in [1.165, 1.54) is 33.1 Å². The van der Waals surface area contributed by atoms with Crippen LogP contribution in [-0.2, 0) is 24.2 Å². The zero-order chi connectivity index (χ0) is 30.9. The minimum absolute atomic E-state index is 0.0560. The number of hydrogen-bond donors (Lipinski definition) is 1. The van der Waals surface area contributed by atoms with Crippen LogP contribution in [-0.4, -0.2) is 38.6 Å². The topological polar surface area (TPSA) is 90.5 Å². The summed E-state index contributed by atoms with van der Waals surface area (Å²) in [5.74, 6) is 0.511. The van der Waals surface area contributed by atoms with E-state index in [1.54, 1.807) is 22.1 Å². The molecule has 0 saturated heterocycles. The third-order valence-electron chi connectivity index (χ3n) is 8.21. The lowest BCUT2D eigenvalue weighted by atomic mass is 9.97. The SMILES string of the molecule is CCOc1ccc(-n2c(SCC(=O)NN=Cc3ccc4c(c3)c3ccccc3n4CC)nc3sc4c(c3c2=O)CCCC4)cc1. The van der Waals surface area contributed by atoms with Gasteiger partial charge in [-0.15, -0.1) is 11.3 Å². The molecule has 0 fully saturated rings. The van der Waals surface area contributed by atoms with Crippen LogP contribution < -0.4 is 15.7 Å². The van der Waals surface area contributed by atoms with Crippen LogP contribution in [0.4, 0.5) is 0 Å². The largest absolute Gasteiger partial charge is 0.494 e. The molecule has 45 heavy (non-hydrogen) atoms. The summed E-state index contributed by atoms with van der Waals surface area (Å²) in [6.07, 6.45) is 5.75. The number of para-hydroxylation sites is 1. The number of nitrogens with zero attached hydrogens (tertiary/aromatic N) is 4. The molecule has 8 nitrogen and oxygen atoms in total. The molecule has 0 aliphatic heterocycles. The van der Waals surface area contributed by atoms with Crippen LogP contribution in [0.15, 0.2) is 81.8 Å². The van der Waals surface area contributed by atoms with Crippen LogP contribution in [0.25, 0.3) is 37.7 Å². The number of benzene rings is 3. The number of thioether (sulfide) groups is 1. The first-order valence-corrected chi connectivity index (χ1v) is 17.1. The van der Waals surface area contributed by atoms with Crippen molar-refractivity contribution in [2.75, 3.05) is 12.4 Å². The quantitative estimate of drug-likeness (QED) is 0.0793. The van der Waals surface area contributed by atoms with Gasteiger partial charge in [-0.05, 0) is 93.1 Å². The lowest BCUT2D eigenvalue weighted by Crippen LogP contribution is -2.24. The summed E-state index contributed by atoms with van der Waals surface area (Å²) < 4.78 is 9.54. The number of aryl methyl sites for hydroxylation is 3. The van der Waals surface area contributed by atoms with E-state index < -0.39 is 0 Å². The van der Waals surface area contributed by atoms with Gasteiger partial charge >= 0.3 is 0 Å². The molecule has 1 N–H and O–H groups in total. The number of hydrogen-bond acceptors (Lipinski definition) is 7. The van der Waals surface area contributed by atoms with E-state index in [9.17, 15) is 9.59 Å². The summed E-state index contributed by atoms with van der Waals surface area (Å²) in [4.78, 5) is 33.9. The van der Waals surface area contributed by atoms with Crippen molar-refractivity contribution in [1.82, 2.24) is 19.5 Å². The number of thiophene rings is 1. The molecule has 3 aromatic heterocycles. The summed E-state index contributed by atoms with van der Waals surface area (Å²) in [5, 5.41) is 7.78. The molecule has 1 aliphatic carbocycles. The second-order valence-corrected chi connectivity index (χ2v) is 13.0. The van der Waals surface area contributed by atoms with Crippen molar-refractivity contribution < 1.29 is 9.53 Å². The minimum atomic E-state index is -0.280. The van der Waals surface area contributed by atoms with Gasteiger partial charge in [0.25, 0.3) is 11.5 Å². The van der Waals surface area contributed by atoms with E-state index in [0.29, 0.717) is 22.8 Å². The first kappa shape index (κ1) is 29.3. The fraction of sp³-hybridized carbons (Fsp3) is 0.257. The van der Waals surface area contributed by atoms with Gasteiger partial charge in [-0.3, -0.25) is 14.2 Å². The molecular formula is C35H33N5O3S2. The smallest absolute Gasteiger partial charge is 0.267 e. The van der Waals surface area contributed by atoms with Gasteiger partial charge in [-0.25, -0.2) is 10.4 Å². The molecule has 0 spiro atoms. The molecule has 10 heteroatoms. The van der Waals surface area contributed by atoms with Crippen molar-refractivity contribution in [3.05, 3.63) is 93.1 Å². The first-order chi connectivity index (χ1) is 22.1. The van der Waals surface area contributed by atoms with Crippen molar-refractivity contribution in [3.8, 4) is 11.4 Å². The van der Waals surface area contributed by atoms with Crippen molar-refractivity contribution in [3.63, 3.8) is 0 Å². The highest BCUT2D eigenvalue weighted by Crippen LogP contribution is 2.35. The van der Waals surface area contributed by atoms with Gasteiger partial charge < -0.3 is 9.30 Å². The van der Waals surface area contributed by atoms with Crippen LogP contribution in [0, 0.1) is 0 Å². The third kappa shape index (κ3) is 5.53. The second kappa shape index (κ2) is 12.5. The molecule has 0 saturated carbocycles. The van der Waals surface area contributed by atoms with Crippen LogP contribution in [0.5, 0.6) is 5.75 Å². The molecule has 1 aliphatic rings. The molecule has 0 atom stereocenters. The minimum Gasteiger partial charge on any atom is -0.494 e. The Balaban J connectivity index is 1.13. The van der Waals surface area contributed by atoms with Gasteiger partial charge in [0.1, 0.15) is 10.6 Å². The number of aromatic nitrogens is 3. The number of carbonyl (C=O) groups is 1. The average molecular weight is 636 g/mol. The Kier molecular flexibility index (Phi) is 8.16. The summed E-state index contributed by atoms with van der Waals surface area (Å²) in [7, 11) is 0. The predicted octanol–water partition coefficient (Wildman–Crippen LogP) is 7.09. The molecule has 0 unspecified atom stereocenters. The Hall–Kier alpha value is -4.41. The maximum atomic E-state index is 14.0. The monoisotopic (exact) mass is 635 g/mol. The van der Waals surface area contributed by atoms with Gasteiger partial charge in [0, 0.05) is 33.2 Å². The van der Waals surface area contributed by atoms with Gasteiger partial charge in [-0.2, -0.15) is 5.10 Å². The molecule has 7 rings (SSSR count). The highest BCUT2D eigenvalue weighted by Gasteiger charge is 2.23. The number of rotatable bonds is 9. The lowest BCUT2D eigenvalue weighted by Gasteiger charge is -2.14. The summed E-state index contributed by atoms with van der Waals surface area (Å²) in [5.41, 5.74) is 7.65. The van der Waals surface area contributed by atoms with E-state index in [1.807, 2.05) is 37.3 Å². The van der Waals surface area contributed by atoms with E-state index in [-0.39, 0.29) is 17.2 Å². The molecule has 0 radical (unpaired) electrons. The van der Waals surface area contributed by atoms with Gasteiger partial charge in [0.2, 0.25) is 0 Å². The number of ether oxygens (including phenoxy) is 1. The van der Waals surface area contributed by atoms with Crippen LogP contribution in [0.1, 0.15) is 42.7 Å². The lowest BCUT2D eigenvalue weighted by molar-refractivity contribution is -0.118. The van der Waals surface area contributed by atoms with E-state index in [0.717, 1.165) is 59.3 Å². The van der Waals surface area contributed by atoms with Crippen LogP contribution in [0.3, 0.4) is 0 Å². The normalized spacial score (nSPS) is 13.2. The van der Waals surface area contributed by atoms with Crippen molar-refractivity contribution in [1.29, 1.82) is 0 Å². The van der Waals surface area contributed by atoms with Crippen molar-refractivity contribution >= 4 is 67.2 Å². The summed E-state index contributed by atoms with van der Waals surface area (Å²) >= 11 is 2.84. The van der Waals surface area contributed by atoms with Crippen LogP contribution in [0.2, 0.25) is 0 Å². The van der Waals surface area contributed by atoms with E-state index in [4.69, 9.17) is 9.72 Å². The molecule has 3 aromatic carbocycles. The van der Waals surface area contributed by atoms with Crippen molar-refractivity contribution in [2.45, 2.75) is 51.2 Å². The first-order valence-electron chi connectivity index (χ1n) is 15.3. The van der Waals surface area contributed by atoms with E-state index in [2.05, 4.69) is 58.4 Å². The fourth-order valence-corrected chi connectivity index (χ4v) is 8.31. The van der Waals surface area contributed by atoms with Crippen LogP contribution >= 0.6 is 23.1 Å². The number of nitrogens with one attached hydrogen (secondary N) is 1. The summed E-state index contributed by atoms with van der Waals surface area (Å²) in [6, 6.07) is 22.0. The standard InChI is InChI=1S/C35H33N5O3S2/c1-3-39-28-11-7-5-9-25(28)27-19-22(13-18-29(27)39)20-36-38-31(41)21-44-35-37-33-32(26-10-6-8-12-30(26)45-33)34(42)40(35)23-14-16-24(17-15-23)43-4-2/h5,7,9,11,13-20H,3-4,6,8,10,12,21H2,1-2H3,(H,38,41). The number of amides is 1.